The summed E-state index contributed by atoms with van der Waals surface area (Å²) < 4.78 is 5.32. The van der Waals surface area contributed by atoms with Crippen LogP contribution in [0.1, 0.15) is 6.92 Å². The van der Waals surface area contributed by atoms with Gasteiger partial charge in [0.1, 0.15) is 12.3 Å². The molecule has 1 saturated heterocycles. The number of rotatable bonds is 5. The molecule has 1 heterocycles. The number of thioether (sulfide) groups is 1. The summed E-state index contributed by atoms with van der Waals surface area (Å²) in [6.07, 6.45) is 0. The summed E-state index contributed by atoms with van der Waals surface area (Å²) in [4.78, 5) is 24.7. The number of anilines is 1. The van der Waals surface area contributed by atoms with Crippen LogP contribution in [0.3, 0.4) is 0 Å². The Morgan fingerprint density at radius 3 is 2.74 bits per heavy atom. The minimum Gasteiger partial charge on any atom is -0.494 e. The van der Waals surface area contributed by atoms with Crippen LogP contribution in [-0.4, -0.2) is 41.5 Å². The van der Waals surface area contributed by atoms with Gasteiger partial charge in [-0.25, -0.2) is 0 Å². The summed E-state index contributed by atoms with van der Waals surface area (Å²) >= 11 is 1.25. The van der Waals surface area contributed by atoms with E-state index in [0.29, 0.717) is 18.8 Å². The van der Waals surface area contributed by atoms with Crippen molar-refractivity contribution >= 4 is 28.6 Å². The maximum atomic E-state index is 11.8. The molecule has 1 N–H and O–H groups in total. The Morgan fingerprint density at radius 2 is 2.16 bits per heavy atom. The van der Waals surface area contributed by atoms with Gasteiger partial charge in [0, 0.05) is 18.0 Å². The third kappa shape index (κ3) is 3.89. The zero-order valence-corrected chi connectivity index (χ0v) is 11.5. The van der Waals surface area contributed by atoms with Gasteiger partial charge in [-0.2, -0.15) is 0 Å². The van der Waals surface area contributed by atoms with E-state index in [1.807, 2.05) is 6.92 Å². The van der Waals surface area contributed by atoms with Crippen molar-refractivity contribution in [3.63, 3.8) is 0 Å². The Bertz CT molecular complexity index is 461. The van der Waals surface area contributed by atoms with E-state index in [0.717, 1.165) is 11.5 Å². The third-order valence-electron chi connectivity index (χ3n) is 2.63. The molecule has 6 heteroatoms. The molecule has 5 nitrogen and oxygen atoms in total. The highest BCUT2D eigenvalue weighted by atomic mass is 32.2. The number of carbonyl (C=O) groups excluding carboxylic acids is 2. The molecule has 19 heavy (non-hydrogen) atoms. The molecule has 1 aliphatic rings. The van der Waals surface area contributed by atoms with Crippen molar-refractivity contribution in [3.05, 3.63) is 24.3 Å². The highest BCUT2D eigenvalue weighted by molar-refractivity contribution is 8.13. The fourth-order valence-electron chi connectivity index (χ4n) is 1.74. The van der Waals surface area contributed by atoms with Crippen molar-refractivity contribution < 1.29 is 14.3 Å². The topological polar surface area (TPSA) is 58.6 Å². The molecular formula is C13H16N2O3S. The second-order valence-corrected chi connectivity index (χ2v) is 5.09. The molecule has 1 aromatic carbocycles. The molecular weight excluding hydrogens is 264 g/mol. The SMILES string of the molecule is CCOc1ccc(NC(=O)CN2CCSC2=O)cc1. The van der Waals surface area contributed by atoms with Crippen LogP contribution in [0, 0.1) is 0 Å². The van der Waals surface area contributed by atoms with Gasteiger partial charge in [0.05, 0.1) is 6.61 Å². The third-order valence-corrected chi connectivity index (χ3v) is 3.52. The summed E-state index contributed by atoms with van der Waals surface area (Å²) in [5, 5.41) is 2.73. The first-order valence-corrected chi connectivity index (χ1v) is 7.12. The number of carbonyl (C=O) groups is 2. The maximum absolute atomic E-state index is 11.8. The van der Waals surface area contributed by atoms with Crippen LogP contribution in [0.4, 0.5) is 10.5 Å². The van der Waals surface area contributed by atoms with Gasteiger partial charge in [0.2, 0.25) is 5.91 Å². The van der Waals surface area contributed by atoms with Crippen LogP contribution in [0.15, 0.2) is 24.3 Å². The number of amides is 2. The first-order chi connectivity index (χ1) is 9.19. The van der Waals surface area contributed by atoms with Crippen molar-refractivity contribution in [2.45, 2.75) is 6.92 Å². The van der Waals surface area contributed by atoms with Crippen molar-refractivity contribution in [1.82, 2.24) is 4.90 Å². The smallest absolute Gasteiger partial charge is 0.282 e. The summed E-state index contributed by atoms with van der Waals surface area (Å²) in [7, 11) is 0. The lowest BCUT2D eigenvalue weighted by molar-refractivity contribution is -0.116. The summed E-state index contributed by atoms with van der Waals surface area (Å²) in [5.74, 6) is 1.35. The van der Waals surface area contributed by atoms with Gasteiger partial charge in [-0.3, -0.25) is 9.59 Å². The second-order valence-electron chi connectivity index (χ2n) is 4.04. The number of nitrogens with zero attached hydrogens (tertiary/aromatic N) is 1. The first-order valence-electron chi connectivity index (χ1n) is 6.13. The van der Waals surface area contributed by atoms with E-state index < -0.39 is 0 Å². The van der Waals surface area contributed by atoms with Gasteiger partial charge < -0.3 is 15.0 Å². The Balaban J connectivity index is 1.86. The largest absolute Gasteiger partial charge is 0.494 e. The minimum atomic E-state index is -0.181. The number of benzene rings is 1. The average molecular weight is 280 g/mol. The molecule has 2 amide bonds. The molecule has 0 saturated carbocycles. The lowest BCUT2D eigenvalue weighted by Gasteiger charge is -2.14. The summed E-state index contributed by atoms with van der Waals surface area (Å²) in [6, 6.07) is 7.17. The van der Waals surface area contributed by atoms with Crippen molar-refractivity contribution in [1.29, 1.82) is 0 Å². The monoisotopic (exact) mass is 280 g/mol. The highest BCUT2D eigenvalue weighted by Gasteiger charge is 2.23. The van der Waals surface area contributed by atoms with Crippen LogP contribution in [0.25, 0.3) is 0 Å². The van der Waals surface area contributed by atoms with Gasteiger partial charge in [-0.05, 0) is 31.2 Å². The van der Waals surface area contributed by atoms with Gasteiger partial charge >= 0.3 is 0 Å². The Kier molecular flexibility index (Phi) is 4.68. The zero-order chi connectivity index (χ0) is 13.7. The standard InChI is InChI=1S/C13H16N2O3S/c1-2-18-11-5-3-10(4-6-11)14-12(16)9-15-7-8-19-13(15)17/h3-6H,2,7-9H2,1H3,(H,14,16). The fourth-order valence-corrected chi connectivity index (χ4v) is 2.57. The van der Waals surface area contributed by atoms with Crippen molar-refractivity contribution in [2.24, 2.45) is 0 Å². The van der Waals surface area contributed by atoms with E-state index in [-0.39, 0.29) is 17.7 Å². The highest BCUT2D eigenvalue weighted by Crippen LogP contribution is 2.18. The summed E-state index contributed by atoms with van der Waals surface area (Å²) in [5.41, 5.74) is 0.702. The molecule has 102 valence electrons. The zero-order valence-electron chi connectivity index (χ0n) is 10.7. The molecule has 0 spiro atoms. The molecule has 0 unspecified atom stereocenters. The van der Waals surface area contributed by atoms with E-state index in [9.17, 15) is 9.59 Å². The average Bonchev–Trinajstić information content (AvgIpc) is 2.78. The van der Waals surface area contributed by atoms with Crippen LogP contribution in [0.2, 0.25) is 0 Å². The predicted octanol–water partition coefficient (Wildman–Crippen LogP) is 2.19. The quantitative estimate of drug-likeness (QED) is 0.898. The lowest BCUT2D eigenvalue weighted by Crippen LogP contribution is -2.33. The van der Waals surface area contributed by atoms with E-state index in [1.54, 1.807) is 29.2 Å². The Hall–Kier alpha value is -1.69. The minimum absolute atomic E-state index is 0.0261. The second kappa shape index (κ2) is 6.47. The van der Waals surface area contributed by atoms with Crippen LogP contribution < -0.4 is 10.1 Å². The predicted molar refractivity (Wildman–Crippen MR) is 75.7 cm³/mol. The van der Waals surface area contributed by atoms with E-state index in [2.05, 4.69) is 5.32 Å². The van der Waals surface area contributed by atoms with Crippen molar-refractivity contribution in [3.8, 4) is 5.75 Å². The summed E-state index contributed by atoms with van der Waals surface area (Å²) in [6.45, 7) is 3.28. The van der Waals surface area contributed by atoms with Gasteiger partial charge in [-0.1, -0.05) is 11.8 Å². The fraction of sp³-hybridized carbons (Fsp3) is 0.385. The molecule has 0 aliphatic carbocycles. The number of nitrogens with one attached hydrogen (secondary N) is 1. The number of hydrogen-bond acceptors (Lipinski definition) is 4. The molecule has 2 rings (SSSR count). The van der Waals surface area contributed by atoms with Crippen LogP contribution >= 0.6 is 11.8 Å². The molecule has 1 aliphatic heterocycles. The number of hydrogen-bond donors (Lipinski definition) is 1. The van der Waals surface area contributed by atoms with E-state index >= 15 is 0 Å². The van der Waals surface area contributed by atoms with Gasteiger partial charge in [0.25, 0.3) is 5.24 Å². The number of ether oxygens (including phenoxy) is 1. The molecule has 0 bridgehead atoms. The molecule has 0 radical (unpaired) electrons. The van der Waals surface area contributed by atoms with E-state index in [4.69, 9.17) is 4.74 Å². The normalized spacial score (nSPS) is 14.6. The van der Waals surface area contributed by atoms with E-state index in [1.165, 1.54) is 11.8 Å². The lowest BCUT2D eigenvalue weighted by atomic mass is 10.3. The van der Waals surface area contributed by atoms with Crippen LogP contribution in [0.5, 0.6) is 5.75 Å². The maximum Gasteiger partial charge on any atom is 0.282 e. The Morgan fingerprint density at radius 1 is 1.42 bits per heavy atom. The van der Waals surface area contributed by atoms with Gasteiger partial charge in [0.15, 0.2) is 0 Å². The van der Waals surface area contributed by atoms with Crippen LogP contribution in [-0.2, 0) is 4.79 Å². The Labute approximate surface area is 116 Å². The molecule has 1 fully saturated rings. The molecule has 0 atom stereocenters. The van der Waals surface area contributed by atoms with Gasteiger partial charge in [-0.15, -0.1) is 0 Å². The first kappa shape index (κ1) is 13.7. The molecule has 0 aromatic heterocycles. The molecule has 1 aromatic rings. The van der Waals surface area contributed by atoms with Crippen molar-refractivity contribution in [2.75, 3.05) is 30.8 Å².